The lowest BCUT2D eigenvalue weighted by Gasteiger charge is -2.08. The number of esters is 2. The van der Waals surface area contributed by atoms with E-state index in [1.165, 1.54) is 37.7 Å². The molecule has 0 unspecified atom stereocenters. The highest BCUT2D eigenvalue weighted by Gasteiger charge is 2.08. The van der Waals surface area contributed by atoms with Crippen molar-refractivity contribution in [1.82, 2.24) is 0 Å². The predicted molar refractivity (Wildman–Crippen MR) is 131 cm³/mol. The zero-order valence-corrected chi connectivity index (χ0v) is 20.9. The number of rotatable bonds is 15. The van der Waals surface area contributed by atoms with Gasteiger partial charge in [-0.05, 0) is 49.2 Å². The molecule has 0 aliphatic heterocycles. The second-order valence-corrected chi connectivity index (χ2v) is 9.35. The topological polar surface area (TPSA) is 112 Å². The molecule has 8 nitrogen and oxygen atoms in total. The summed E-state index contributed by atoms with van der Waals surface area (Å²) in [6, 6.07) is 10.1. The number of hydrogen-bond donors (Lipinski definition) is 2. The highest BCUT2D eigenvalue weighted by molar-refractivity contribution is 7.99. The molecule has 0 aromatic heterocycles. The standard InChI is InChI=1S/C24H30O8S2/c1-29-21-15-17(5-7-19(21)25)33-13-9-23(27)31-11-3-4-12-32-24(28)10-14-34-18-6-8-20(26)22(16-18)30-2/h5-8,15-16,25-26H,3-4,9-14H2,1-2H3. The van der Waals surface area contributed by atoms with Crippen molar-refractivity contribution in [3.8, 4) is 23.0 Å². The number of methoxy groups -OCH3 is 2. The molecule has 2 aromatic carbocycles. The van der Waals surface area contributed by atoms with E-state index < -0.39 is 0 Å². The zero-order chi connectivity index (χ0) is 24.8. The molecule has 2 rings (SSSR count). The maximum Gasteiger partial charge on any atom is 0.306 e. The number of aromatic hydroxyl groups is 2. The van der Waals surface area contributed by atoms with E-state index in [1.807, 2.05) is 0 Å². The third kappa shape index (κ3) is 10.0. The van der Waals surface area contributed by atoms with Crippen molar-refractivity contribution in [1.29, 1.82) is 0 Å². The van der Waals surface area contributed by atoms with Gasteiger partial charge in [-0.1, -0.05) is 0 Å². The van der Waals surface area contributed by atoms with Crippen molar-refractivity contribution in [3.63, 3.8) is 0 Å². The number of carbonyl (C=O) groups is 2. The van der Waals surface area contributed by atoms with Crippen LogP contribution in [0, 0.1) is 0 Å². The number of benzene rings is 2. The first-order valence-electron chi connectivity index (χ1n) is 10.7. The van der Waals surface area contributed by atoms with Crippen LogP contribution in [-0.4, -0.2) is 61.1 Å². The highest BCUT2D eigenvalue weighted by Crippen LogP contribution is 2.32. The van der Waals surface area contributed by atoms with Gasteiger partial charge in [-0.3, -0.25) is 9.59 Å². The van der Waals surface area contributed by atoms with Gasteiger partial charge in [-0.25, -0.2) is 0 Å². The van der Waals surface area contributed by atoms with Crippen molar-refractivity contribution in [2.75, 3.05) is 38.9 Å². The number of thioether (sulfide) groups is 2. The molecular formula is C24H30O8S2. The summed E-state index contributed by atoms with van der Waals surface area (Å²) in [6.07, 6.45) is 1.77. The van der Waals surface area contributed by atoms with Gasteiger partial charge in [0.05, 0.1) is 40.3 Å². The summed E-state index contributed by atoms with van der Waals surface area (Å²) in [5.74, 6) is 1.49. The quantitative estimate of drug-likeness (QED) is 0.200. The molecule has 2 N–H and O–H groups in total. The van der Waals surface area contributed by atoms with Gasteiger partial charge in [-0.15, -0.1) is 23.5 Å². The van der Waals surface area contributed by atoms with Gasteiger partial charge in [0.25, 0.3) is 0 Å². The molecule has 10 heteroatoms. The van der Waals surface area contributed by atoms with Crippen molar-refractivity contribution in [3.05, 3.63) is 36.4 Å². The van der Waals surface area contributed by atoms with Crippen LogP contribution in [0.2, 0.25) is 0 Å². The predicted octanol–water partition coefficient (Wildman–Crippen LogP) is 4.65. The van der Waals surface area contributed by atoms with E-state index in [1.54, 1.807) is 36.4 Å². The lowest BCUT2D eigenvalue weighted by Crippen LogP contribution is -2.09. The minimum Gasteiger partial charge on any atom is -0.504 e. The van der Waals surface area contributed by atoms with Gasteiger partial charge in [0, 0.05) is 21.3 Å². The first kappa shape index (κ1) is 27.5. The molecule has 0 saturated carbocycles. The van der Waals surface area contributed by atoms with Crippen LogP contribution in [0.5, 0.6) is 23.0 Å². The van der Waals surface area contributed by atoms with Crippen molar-refractivity contribution < 1.29 is 38.7 Å². The summed E-state index contributed by atoms with van der Waals surface area (Å²) in [6.45, 7) is 0.569. The second-order valence-electron chi connectivity index (χ2n) is 7.01. The number of unbranched alkanes of at least 4 members (excludes halogenated alkanes) is 1. The van der Waals surface area contributed by atoms with Crippen molar-refractivity contribution in [2.45, 2.75) is 35.5 Å². The van der Waals surface area contributed by atoms with Crippen LogP contribution < -0.4 is 9.47 Å². The van der Waals surface area contributed by atoms with E-state index in [2.05, 4.69) is 0 Å². The number of ether oxygens (including phenoxy) is 4. The Balaban J connectivity index is 1.48. The summed E-state index contributed by atoms with van der Waals surface area (Å²) >= 11 is 2.95. The van der Waals surface area contributed by atoms with Crippen LogP contribution in [0.15, 0.2) is 46.2 Å². The fourth-order valence-electron chi connectivity index (χ4n) is 2.72. The Hall–Kier alpha value is -2.72. The molecule has 0 atom stereocenters. The van der Waals surface area contributed by atoms with Crippen LogP contribution in [0.3, 0.4) is 0 Å². The normalized spacial score (nSPS) is 10.5. The van der Waals surface area contributed by atoms with Crippen LogP contribution in [0.25, 0.3) is 0 Å². The maximum absolute atomic E-state index is 11.8. The van der Waals surface area contributed by atoms with Gasteiger partial charge in [0.15, 0.2) is 23.0 Å². The minimum absolute atomic E-state index is 0.0750. The average molecular weight is 511 g/mol. The van der Waals surface area contributed by atoms with Gasteiger partial charge >= 0.3 is 11.9 Å². The van der Waals surface area contributed by atoms with E-state index in [0.29, 0.717) is 35.8 Å². The number of hydrogen-bond acceptors (Lipinski definition) is 10. The molecule has 186 valence electrons. The Bertz CT molecular complexity index is 860. The molecular weight excluding hydrogens is 480 g/mol. The van der Waals surface area contributed by atoms with E-state index >= 15 is 0 Å². The lowest BCUT2D eigenvalue weighted by atomic mass is 10.3. The summed E-state index contributed by atoms with van der Waals surface area (Å²) in [5.41, 5.74) is 0. The monoisotopic (exact) mass is 510 g/mol. The zero-order valence-electron chi connectivity index (χ0n) is 19.3. The van der Waals surface area contributed by atoms with Crippen LogP contribution in [0.1, 0.15) is 25.7 Å². The maximum atomic E-state index is 11.8. The largest absolute Gasteiger partial charge is 0.504 e. The van der Waals surface area contributed by atoms with E-state index in [4.69, 9.17) is 18.9 Å². The van der Waals surface area contributed by atoms with E-state index in [-0.39, 0.29) is 49.5 Å². The second kappa shape index (κ2) is 15.2. The van der Waals surface area contributed by atoms with Gasteiger partial charge in [0.2, 0.25) is 0 Å². The summed E-state index contributed by atoms with van der Waals surface area (Å²) < 4.78 is 20.5. The SMILES string of the molecule is COc1cc(SCCC(=O)OCCCCOC(=O)CCSc2ccc(O)c(OC)c2)ccc1O. The Morgan fingerprint density at radius 2 is 1.15 bits per heavy atom. The Morgan fingerprint density at radius 3 is 1.53 bits per heavy atom. The highest BCUT2D eigenvalue weighted by atomic mass is 32.2. The number of phenols is 2. The molecule has 0 heterocycles. The summed E-state index contributed by atoms with van der Waals surface area (Å²) in [5, 5.41) is 19.2. The van der Waals surface area contributed by atoms with Crippen LogP contribution in [0.4, 0.5) is 0 Å². The molecule has 0 fully saturated rings. The Kier molecular flexibility index (Phi) is 12.3. The molecule has 0 bridgehead atoms. The summed E-state index contributed by atoms with van der Waals surface area (Å²) in [4.78, 5) is 25.5. The third-order valence-electron chi connectivity index (χ3n) is 4.52. The van der Waals surface area contributed by atoms with Gasteiger partial charge < -0.3 is 29.2 Å². The Labute approximate surface area is 207 Å². The first-order chi connectivity index (χ1) is 16.4. The third-order valence-corrected chi connectivity index (χ3v) is 6.51. The molecule has 2 aromatic rings. The fraction of sp³-hybridized carbons (Fsp3) is 0.417. The smallest absolute Gasteiger partial charge is 0.306 e. The Morgan fingerprint density at radius 1 is 0.735 bits per heavy atom. The van der Waals surface area contributed by atoms with Crippen molar-refractivity contribution >= 4 is 35.5 Å². The molecule has 0 aliphatic carbocycles. The molecule has 0 amide bonds. The summed E-state index contributed by atoms with van der Waals surface area (Å²) in [7, 11) is 2.97. The molecule has 0 saturated heterocycles. The number of phenolic OH excluding ortho intramolecular Hbond substituents is 2. The van der Waals surface area contributed by atoms with Crippen LogP contribution in [-0.2, 0) is 19.1 Å². The minimum atomic E-state index is -0.280. The molecule has 0 aliphatic rings. The van der Waals surface area contributed by atoms with E-state index in [9.17, 15) is 19.8 Å². The van der Waals surface area contributed by atoms with Crippen LogP contribution >= 0.6 is 23.5 Å². The molecule has 34 heavy (non-hydrogen) atoms. The molecule has 0 spiro atoms. The lowest BCUT2D eigenvalue weighted by molar-refractivity contribution is -0.145. The van der Waals surface area contributed by atoms with Gasteiger partial charge in [0.1, 0.15) is 0 Å². The first-order valence-corrected chi connectivity index (χ1v) is 12.7. The van der Waals surface area contributed by atoms with Gasteiger partial charge in [-0.2, -0.15) is 0 Å². The van der Waals surface area contributed by atoms with E-state index in [0.717, 1.165) is 9.79 Å². The van der Waals surface area contributed by atoms with Crippen molar-refractivity contribution in [2.24, 2.45) is 0 Å². The fourth-order valence-corrected chi connectivity index (χ4v) is 4.44. The number of carbonyl (C=O) groups excluding carboxylic acids is 2. The molecule has 0 radical (unpaired) electrons. The average Bonchev–Trinajstić information content (AvgIpc) is 2.83.